The summed E-state index contributed by atoms with van der Waals surface area (Å²) >= 11 is 0. The van der Waals surface area contributed by atoms with Crippen LogP contribution in [0.2, 0.25) is 0 Å². The van der Waals surface area contributed by atoms with Crippen LogP contribution in [-0.2, 0) is 13.1 Å². The summed E-state index contributed by atoms with van der Waals surface area (Å²) in [6, 6.07) is 21.3. The van der Waals surface area contributed by atoms with Crippen molar-refractivity contribution in [3.05, 3.63) is 83.8 Å². The number of hydrogen-bond donors (Lipinski definition) is 0. The van der Waals surface area contributed by atoms with Gasteiger partial charge in [-0.05, 0) is 18.6 Å². The molecule has 3 aromatic rings. The molecule has 2 aromatic carbocycles. The van der Waals surface area contributed by atoms with Gasteiger partial charge in [-0.2, -0.15) is 0 Å². The summed E-state index contributed by atoms with van der Waals surface area (Å²) in [6.07, 6.45) is 3.68. The Morgan fingerprint density at radius 1 is 0.967 bits per heavy atom. The molecule has 5 heteroatoms. The topological polar surface area (TPSA) is 41.5 Å². The Balaban J connectivity index is 1.38. The van der Waals surface area contributed by atoms with Gasteiger partial charge in [0.2, 0.25) is 0 Å². The number of likely N-dealkylation sites (tertiary alicyclic amines) is 1. The molecule has 154 valence electrons. The van der Waals surface area contributed by atoms with Gasteiger partial charge in [0.15, 0.2) is 0 Å². The van der Waals surface area contributed by atoms with Crippen LogP contribution in [0.3, 0.4) is 0 Å². The van der Waals surface area contributed by atoms with Crippen LogP contribution in [0, 0.1) is 6.92 Å². The van der Waals surface area contributed by atoms with E-state index in [1.54, 1.807) is 6.33 Å². The molecule has 0 radical (unpaired) electrons. The molecule has 2 aliphatic heterocycles. The Kier molecular flexibility index (Phi) is 5.13. The van der Waals surface area contributed by atoms with E-state index in [0.29, 0.717) is 0 Å². The number of benzene rings is 2. The molecule has 0 amide bonds. The van der Waals surface area contributed by atoms with Crippen molar-refractivity contribution in [1.82, 2.24) is 14.9 Å². The Morgan fingerprint density at radius 2 is 1.73 bits per heavy atom. The molecule has 0 aliphatic carbocycles. The molecule has 0 atom stereocenters. The fourth-order valence-electron chi connectivity index (χ4n) is 4.60. The molecule has 0 saturated carbocycles. The van der Waals surface area contributed by atoms with Crippen molar-refractivity contribution in [3.8, 4) is 5.75 Å². The minimum atomic E-state index is -0.196. The first-order chi connectivity index (χ1) is 14.7. The smallest absolute Gasteiger partial charge is 0.132 e. The summed E-state index contributed by atoms with van der Waals surface area (Å²) in [5, 5.41) is 0. The number of piperidine rings is 1. The van der Waals surface area contributed by atoms with Gasteiger partial charge in [0.25, 0.3) is 0 Å². The third-order valence-electron chi connectivity index (χ3n) is 6.27. The Morgan fingerprint density at radius 3 is 2.53 bits per heavy atom. The van der Waals surface area contributed by atoms with Crippen LogP contribution in [0.4, 0.5) is 5.82 Å². The van der Waals surface area contributed by atoms with Crippen LogP contribution in [0.5, 0.6) is 5.75 Å². The largest absolute Gasteiger partial charge is 0.485 e. The predicted octanol–water partition coefficient (Wildman–Crippen LogP) is 4.22. The summed E-state index contributed by atoms with van der Waals surface area (Å²) in [5.74, 6) is 2.00. The standard InChI is InChI=1S/C25H28N4O/c1-20-15-24(27-19-26-20)29-17-22-9-5-6-10-23(22)30-25(18-29)11-13-28(14-12-25)16-21-7-3-2-4-8-21/h2-10,15,19H,11-14,16-18H2,1H3. The van der Waals surface area contributed by atoms with E-state index in [4.69, 9.17) is 4.74 Å². The van der Waals surface area contributed by atoms with Crippen molar-refractivity contribution < 1.29 is 4.74 Å². The minimum absolute atomic E-state index is 0.196. The summed E-state index contributed by atoms with van der Waals surface area (Å²) in [5.41, 5.74) is 3.39. The van der Waals surface area contributed by atoms with Crippen molar-refractivity contribution in [2.45, 2.75) is 38.5 Å². The van der Waals surface area contributed by atoms with Gasteiger partial charge >= 0.3 is 0 Å². The van der Waals surface area contributed by atoms with Gasteiger partial charge in [-0.15, -0.1) is 0 Å². The van der Waals surface area contributed by atoms with E-state index in [1.807, 2.05) is 6.92 Å². The van der Waals surface area contributed by atoms with Crippen molar-refractivity contribution >= 4 is 5.82 Å². The first kappa shape index (κ1) is 19.1. The molecule has 0 N–H and O–H groups in total. The highest BCUT2D eigenvalue weighted by atomic mass is 16.5. The number of rotatable bonds is 3. The number of para-hydroxylation sites is 1. The number of hydrogen-bond acceptors (Lipinski definition) is 5. The Hall–Kier alpha value is -2.92. The third-order valence-corrected chi connectivity index (χ3v) is 6.27. The molecule has 2 aliphatic rings. The van der Waals surface area contributed by atoms with E-state index in [-0.39, 0.29) is 5.60 Å². The molecule has 3 heterocycles. The van der Waals surface area contributed by atoms with Gasteiger partial charge in [0.1, 0.15) is 23.5 Å². The van der Waals surface area contributed by atoms with Crippen molar-refractivity contribution in [2.24, 2.45) is 0 Å². The number of fused-ring (bicyclic) bond motifs is 1. The first-order valence-corrected chi connectivity index (χ1v) is 10.8. The zero-order chi connectivity index (χ0) is 20.4. The van der Waals surface area contributed by atoms with E-state index in [9.17, 15) is 0 Å². The van der Waals surface area contributed by atoms with Gasteiger partial charge in [0.05, 0.1) is 6.54 Å². The van der Waals surface area contributed by atoms with Crippen molar-refractivity contribution in [1.29, 1.82) is 0 Å². The maximum Gasteiger partial charge on any atom is 0.132 e. The fourth-order valence-corrected chi connectivity index (χ4v) is 4.60. The fraction of sp³-hybridized carbons (Fsp3) is 0.360. The van der Waals surface area contributed by atoms with Crippen LogP contribution in [-0.4, -0.2) is 40.1 Å². The van der Waals surface area contributed by atoms with Crippen LogP contribution in [0.15, 0.2) is 67.0 Å². The average Bonchev–Trinajstić information content (AvgIpc) is 2.93. The lowest BCUT2D eigenvalue weighted by molar-refractivity contribution is 0.00775. The van der Waals surface area contributed by atoms with Crippen LogP contribution in [0.25, 0.3) is 0 Å². The van der Waals surface area contributed by atoms with Gasteiger partial charge in [-0.25, -0.2) is 9.97 Å². The van der Waals surface area contributed by atoms with Crippen molar-refractivity contribution in [2.75, 3.05) is 24.5 Å². The predicted molar refractivity (Wildman–Crippen MR) is 119 cm³/mol. The molecular formula is C25H28N4O. The lowest BCUT2D eigenvalue weighted by Gasteiger charge is -2.43. The highest BCUT2D eigenvalue weighted by molar-refractivity contribution is 5.45. The highest BCUT2D eigenvalue weighted by Crippen LogP contribution is 2.37. The van der Waals surface area contributed by atoms with Crippen LogP contribution < -0.4 is 9.64 Å². The van der Waals surface area contributed by atoms with Gasteiger partial charge in [0, 0.05) is 56.3 Å². The van der Waals surface area contributed by atoms with E-state index in [1.165, 1.54) is 11.1 Å². The zero-order valence-corrected chi connectivity index (χ0v) is 17.5. The summed E-state index contributed by atoms with van der Waals surface area (Å²) in [6.45, 7) is 6.74. The van der Waals surface area contributed by atoms with E-state index in [2.05, 4.69) is 80.4 Å². The maximum atomic E-state index is 6.75. The van der Waals surface area contributed by atoms with E-state index in [0.717, 1.165) is 62.8 Å². The summed E-state index contributed by atoms with van der Waals surface area (Å²) in [4.78, 5) is 13.8. The number of aromatic nitrogens is 2. The first-order valence-electron chi connectivity index (χ1n) is 10.8. The van der Waals surface area contributed by atoms with Gasteiger partial charge in [-0.1, -0.05) is 48.5 Å². The molecular weight excluding hydrogens is 372 g/mol. The summed E-state index contributed by atoms with van der Waals surface area (Å²) in [7, 11) is 0. The minimum Gasteiger partial charge on any atom is -0.485 e. The summed E-state index contributed by atoms with van der Waals surface area (Å²) < 4.78 is 6.75. The average molecular weight is 401 g/mol. The number of nitrogens with zero attached hydrogens (tertiary/aromatic N) is 4. The zero-order valence-electron chi connectivity index (χ0n) is 17.5. The normalized spacial score (nSPS) is 18.5. The van der Waals surface area contributed by atoms with Crippen molar-refractivity contribution in [3.63, 3.8) is 0 Å². The second-order valence-electron chi connectivity index (χ2n) is 8.53. The number of ether oxygens (including phenoxy) is 1. The molecule has 30 heavy (non-hydrogen) atoms. The Bertz CT molecular complexity index is 999. The lowest BCUT2D eigenvalue weighted by atomic mass is 9.90. The van der Waals surface area contributed by atoms with Gasteiger partial charge in [-0.3, -0.25) is 4.90 Å². The number of anilines is 1. The van der Waals surface area contributed by atoms with E-state index >= 15 is 0 Å². The third kappa shape index (κ3) is 4.03. The SMILES string of the molecule is Cc1cc(N2Cc3ccccc3OC3(CCN(Cc4ccccc4)CC3)C2)ncn1. The monoisotopic (exact) mass is 400 g/mol. The quantitative estimate of drug-likeness (QED) is 0.658. The second kappa shape index (κ2) is 8.07. The molecule has 1 fully saturated rings. The number of aryl methyl sites for hydroxylation is 1. The van der Waals surface area contributed by atoms with Crippen LogP contribution >= 0.6 is 0 Å². The van der Waals surface area contributed by atoms with Crippen LogP contribution in [0.1, 0.15) is 29.7 Å². The molecule has 1 spiro atoms. The molecule has 0 bridgehead atoms. The lowest BCUT2D eigenvalue weighted by Crippen LogP contribution is -2.53. The Labute approximate surface area is 178 Å². The molecule has 5 nitrogen and oxygen atoms in total. The molecule has 0 unspecified atom stereocenters. The second-order valence-corrected chi connectivity index (χ2v) is 8.53. The molecule has 1 saturated heterocycles. The highest BCUT2D eigenvalue weighted by Gasteiger charge is 2.41. The van der Waals surface area contributed by atoms with Gasteiger partial charge < -0.3 is 9.64 Å². The molecule has 1 aromatic heterocycles. The van der Waals surface area contributed by atoms with E-state index < -0.39 is 0 Å². The molecule has 5 rings (SSSR count). The maximum absolute atomic E-state index is 6.75.